The number of benzene rings is 2. The SMILES string of the molecule is CCC(CC)NC(=O)COc1cccc(-c2nc3c(c(Nc4ccc(-c5cn[nH]c5)cc4)n2)CNCC3)c1. The van der Waals surface area contributed by atoms with Gasteiger partial charge in [0.2, 0.25) is 0 Å². The highest BCUT2D eigenvalue weighted by Gasteiger charge is 2.19. The summed E-state index contributed by atoms with van der Waals surface area (Å²) in [5.74, 6) is 1.89. The van der Waals surface area contributed by atoms with E-state index in [0.29, 0.717) is 18.1 Å². The average molecular weight is 512 g/mol. The second kappa shape index (κ2) is 11.9. The van der Waals surface area contributed by atoms with E-state index in [1.165, 1.54) is 0 Å². The van der Waals surface area contributed by atoms with Crippen LogP contribution in [0, 0.1) is 0 Å². The lowest BCUT2D eigenvalue weighted by Gasteiger charge is -2.21. The van der Waals surface area contributed by atoms with Gasteiger partial charge in [-0.15, -0.1) is 0 Å². The largest absolute Gasteiger partial charge is 0.484 e. The number of ether oxygens (including phenoxy) is 1. The van der Waals surface area contributed by atoms with Gasteiger partial charge in [0.25, 0.3) is 5.91 Å². The molecule has 3 heterocycles. The summed E-state index contributed by atoms with van der Waals surface area (Å²) in [4.78, 5) is 22.1. The van der Waals surface area contributed by atoms with E-state index in [0.717, 1.165) is 65.3 Å². The fourth-order valence-corrected chi connectivity index (χ4v) is 4.50. The predicted octanol–water partition coefficient (Wildman–Crippen LogP) is 4.61. The van der Waals surface area contributed by atoms with Crippen LogP contribution in [0.25, 0.3) is 22.5 Å². The molecule has 1 amide bonds. The van der Waals surface area contributed by atoms with E-state index in [2.05, 4.69) is 52.1 Å². The molecule has 5 rings (SSSR count). The van der Waals surface area contributed by atoms with Gasteiger partial charge in [-0.3, -0.25) is 9.89 Å². The van der Waals surface area contributed by atoms with E-state index in [1.807, 2.05) is 42.6 Å². The first kappa shape index (κ1) is 25.4. The molecule has 1 aliphatic heterocycles. The molecule has 4 N–H and O–H groups in total. The summed E-state index contributed by atoms with van der Waals surface area (Å²) in [6.45, 7) is 5.68. The number of carbonyl (C=O) groups is 1. The molecule has 9 heteroatoms. The normalized spacial score (nSPS) is 12.7. The molecular weight excluding hydrogens is 478 g/mol. The van der Waals surface area contributed by atoms with Gasteiger partial charge < -0.3 is 20.7 Å². The molecule has 2 aromatic heterocycles. The van der Waals surface area contributed by atoms with E-state index in [1.54, 1.807) is 6.20 Å². The Hall–Kier alpha value is -4.24. The topological polar surface area (TPSA) is 117 Å². The quantitative estimate of drug-likeness (QED) is 0.246. The van der Waals surface area contributed by atoms with Gasteiger partial charge in [-0.25, -0.2) is 9.97 Å². The van der Waals surface area contributed by atoms with Gasteiger partial charge in [0.05, 0.1) is 11.9 Å². The van der Waals surface area contributed by atoms with Crippen molar-refractivity contribution in [3.05, 3.63) is 72.2 Å². The molecule has 0 aliphatic carbocycles. The van der Waals surface area contributed by atoms with Gasteiger partial charge in [-0.1, -0.05) is 38.1 Å². The average Bonchev–Trinajstić information content (AvgIpc) is 3.50. The summed E-state index contributed by atoms with van der Waals surface area (Å²) in [5, 5.41) is 16.8. The van der Waals surface area contributed by atoms with Gasteiger partial charge in [0.1, 0.15) is 11.6 Å². The minimum Gasteiger partial charge on any atom is -0.484 e. The zero-order valence-electron chi connectivity index (χ0n) is 21.8. The van der Waals surface area contributed by atoms with E-state index >= 15 is 0 Å². The van der Waals surface area contributed by atoms with E-state index in [9.17, 15) is 4.79 Å². The molecule has 2 aromatic carbocycles. The molecule has 0 atom stereocenters. The number of nitrogens with zero attached hydrogens (tertiary/aromatic N) is 3. The third kappa shape index (κ3) is 6.00. The fourth-order valence-electron chi connectivity index (χ4n) is 4.50. The molecule has 9 nitrogen and oxygen atoms in total. The zero-order chi connectivity index (χ0) is 26.3. The molecule has 0 unspecified atom stereocenters. The van der Waals surface area contributed by atoms with Crippen LogP contribution in [0.1, 0.15) is 37.9 Å². The highest BCUT2D eigenvalue weighted by atomic mass is 16.5. The molecule has 0 spiro atoms. The second-order valence-electron chi connectivity index (χ2n) is 9.33. The van der Waals surface area contributed by atoms with Crippen LogP contribution in [0.5, 0.6) is 5.75 Å². The molecule has 0 saturated carbocycles. The monoisotopic (exact) mass is 511 g/mol. The maximum atomic E-state index is 12.3. The van der Waals surface area contributed by atoms with Crippen molar-refractivity contribution in [2.45, 2.75) is 45.7 Å². The van der Waals surface area contributed by atoms with Crippen LogP contribution in [-0.4, -0.2) is 45.3 Å². The number of aromatic nitrogens is 4. The minimum atomic E-state index is -0.119. The Bertz CT molecular complexity index is 1370. The number of anilines is 2. The molecule has 1 aliphatic rings. The Morgan fingerprint density at radius 2 is 1.89 bits per heavy atom. The van der Waals surface area contributed by atoms with Crippen LogP contribution in [-0.2, 0) is 17.8 Å². The first-order valence-corrected chi connectivity index (χ1v) is 13.1. The molecule has 0 fully saturated rings. The zero-order valence-corrected chi connectivity index (χ0v) is 21.8. The lowest BCUT2D eigenvalue weighted by atomic mass is 10.1. The van der Waals surface area contributed by atoms with Crippen molar-refractivity contribution in [2.75, 3.05) is 18.5 Å². The molecule has 0 bridgehead atoms. The summed E-state index contributed by atoms with van der Waals surface area (Å²) in [6, 6.07) is 15.9. The van der Waals surface area contributed by atoms with Crippen LogP contribution in [0.4, 0.5) is 11.5 Å². The Labute approximate surface area is 222 Å². The van der Waals surface area contributed by atoms with Gasteiger partial charge >= 0.3 is 0 Å². The number of hydrogen-bond acceptors (Lipinski definition) is 7. The van der Waals surface area contributed by atoms with Gasteiger partial charge in [-0.05, 0) is 42.7 Å². The van der Waals surface area contributed by atoms with Gasteiger partial charge in [0.15, 0.2) is 12.4 Å². The number of carbonyl (C=O) groups excluding carboxylic acids is 1. The smallest absolute Gasteiger partial charge is 0.258 e. The Balaban J connectivity index is 1.36. The van der Waals surface area contributed by atoms with Crippen LogP contribution < -0.4 is 20.7 Å². The molecule has 4 aromatic rings. The first-order valence-electron chi connectivity index (χ1n) is 13.1. The standard InChI is InChI=1S/C29H33N7O2/c1-3-22(4-2)33-27(37)18-38-24-7-5-6-20(14-24)28-35-26-12-13-30-17-25(26)29(36-28)34-23-10-8-19(9-11-23)21-15-31-32-16-21/h5-11,14-16,22,30H,3-4,12-13,17-18H2,1-2H3,(H,31,32)(H,33,37)(H,34,35,36). The maximum Gasteiger partial charge on any atom is 0.258 e. The Kier molecular flexibility index (Phi) is 7.94. The molecule has 0 radical (unpaired) electrons. The third-order valence-electron chi connectivity index (χ3n) is 6.73. The highest BCUT2D eigenvalue weighted by molar-refractivity contribution is 5.78. The van der Waals surface area contributed by atoms with Gasteiger partial charge in [-0.2, -0.15) is 5.10 Å². The molecule has 38 heavy (non-hydrogen) atoms. The van der Waals surface area contributed by atoms with Crippen molar-refractivity contribution >= 4 is 17.4 Å². The summed E-state index contributed by atoms with van der Waals surface area (Å²) in [7, 11) is 0. The summed E-state index contributed by atoms with van der Waals surface area (Å²) < 4.78 is 5.80. The molecular formula is C29H33N7O2. The number of fused-ring (bicyclic) bond motifs is 1. The van der Waals surface area contributed by atoms with Crippen molar-refractivity contribution in [3.8, 4) is 28.3 Å². The number of rotatable bonds is 10. The summed E-state index contributed by atoms with van der Waals surface area (Å²) in [5.41, 5.74) is 6.00. The number of aromatic amines is 1. The highest BCUT2D eigenvalue weighted by Crippen LogP contribution is 2.29. The van der Waals surface area contributed by atoms with Crippen molar-refractivity contribution < 1.29 is 9.53 Å². The van der Waals surface area contributed by atoms with E-state index in [-0.39, 0.29) is 18.6 Å². The lowest BCUT2D eigenvalue weighted by Crippen LogP contribution is -2.37. The maximum absolute atomic E-state index is 12.3. The Morgan fingerprint density at radius 1 is 1.05 bits per heavy atom. The van der Waals surface area contributed by atoms with Crippen molar-refractivity contribution in [1.29, 1.82) is 0 Å². The van der Waals surface area contributed by atoms with Crippen LogP contribution in [0.15, 0.2) is 60.9 Å². The lowest BCUT2D eigenvalue weighted by molar-refractivity contribution is -0.123. The van der Waals surface area contributed by atoms with Crippen LogP contribution in [0.3, 0.4) is 0 Å². The number of nitrogens with one attached hydrogen (secondary N) is 4. The number of H-pyrrole nitrogens is 1. The van der Waals surface area contributed by atoms with Crippen molar-refractivity contribution in [3.63, 3.8) is 0 Å². The Morgan fingerprint density at radius 3 is 2.66 bits per heavy atom. The van der Waals surface area contributed by atoms with E-state index in [4.69, 9.17) is 14.7 Å². The third-order valence-corrected chi connectivity index (χ3v) is 6.73. The van der Waals surface area contributed by atoms with Crippen LogP contribution >= 0.6 is 0 Å². The molecule has 0 saturated heterocycles. The number of amides is 1. The fraction of sp³-hybridized carbons (Fsp3) is 0.310. The van der Waals surface area contributed by atoms with Gasteiger partial charge in [0, 0.05) is 54.1 Å². The summed E-state index contributed by atoms with van der Waals surface area (Å²) in [6.07, 6.45) is 6.30. The van der Waals surface area contributed by atoms with Crippen molar-refractivity contribution in [1.82, 2.24) is 30.8 Å². The first-order chi connectivity index (χ1) is 18.6. The second-order valence-corrected chi connectivity index (χ2v) is 9.33. The predicted molar refractivity (Wildman–Crippen MR) is 148 cm³/mol. The molecule has 196 valence electrons. The van der Waals surface area contributed by atoms with Crippen LogP contribution in [0.2, 0.25) is 0 Å². The van der Waals surface area contributed by atoms with Crippen molar-refractivity contribution in [2.24, 2.45) is 0 Å². The minimum absolute atomic E-state index is 0.0295. The van der Waals surface area contributed by atoms with E-state index < -0.39 is 0 Å². The number of hydrogen-bond donors (Lipinski definition) is 4. The summed E-state index contributed by atoms with van der Waals surface area (Å²) >= 11 is 0.